The summed E-state index contributed by atoms with van der Waals surface area (Å²) in [6.07, 6.45) is 1.18. The van der Waals surface area contributed by atoms with Crippen molar-refractivity contribution in [2.24, 2.45) is 5.92 Å². The van der Waals surface area contributed by atoms with Crippen LogP contribution in [0.4, 0.5) is 5.69 Å². The van der Waals surface area contributed by atoms with Crippen LogP contribution in [0.15, 0.2) is 18.2 Å². The predicted octanol–water partition coefficient (Wildman–Crippen LogP) is 2.92. The maximum absolute atomic E-state index is 11.0. The fourth-order valence-electron chi connectivity index (χ4n) is 4.05. The Balaban J connectivity index is 2.11. The lowest BCUT2D eigenvalue weighted by Gasteiger charge is -2.38. The molecule has 0 bridgehead atoms. The number of hydrogen-bond acceptors (Lipinski definition) is 3. The number of likely N-dealkylation sites (tertiary alicyclic amines) is 1. The molecular formula is C15H20N2O2. The number of likely N-dealkylation sites (N-methyl/N-ethyl adjacent to an activating group) is 1. The molecule has 0 radical (unpaired) electrons. The first-order valence-corrected chi connectivity index (χ1v) is 6.88. The number of nitro benzene ring substituents is 1. The van der Waals surface area contributed by atoms with Crippen LogP contribution in [-0.2, 0) is 5.41 Å². The van der Waals surface area contributed by atoms with Gasteiger partial charge in [0.2, 0.25) is 0 Å². The minimum absolute atomic E-state index is 0.135. The van der Waals surface area contributed by atoms with Crippen LogP contribution in [0, 0.1) is 16.0 Å². The molecule has 4 heteroatoms. The molecule has 0 saturated carbocycles. The summed E-state index contributed by atoms with van der Waals surface area (Å²) in [4.78, 5) is 13.0. The molecule has 2 aliphatic rings. The summed E-state index contributed by atoms with van der Waals surface area (Å²) in [7, 11) is 2.14. The lowest BCUT2D eigenvalue weighted by molar-refractivity contribution is -0.384. The third-order valence-corrected chi connectivity index (χ3v) is 5.08. The first-order chi connectivity index (χ1) is 8.91. The molecule has 0 N–H and O–H groups in total. The van der Waals surface area contributed by atoms with E-state index in [0.29, 0.717) is 11.8 Å². The molecular weight excluding hydrogens is 240 g/mol. The van der Waals surface area contributed by atoms with Crippen molar-refractivity contribution >= 4 is 5.69 Å². The molecule has 4 nitrogen and oxygen atoms in total. The Morgan fingerprint density at radius 1 is 1.42 bits per heavy atom. The molecule has 0 aromatic heterocycles. The van der Waals surface area contributed by atoms with E-state index in [-0.39, 0.29) is 16.0 Å². The molecule has 1 heterocycles. The van der Waals surface area contributed by atoms with E-state index in [1.54, 1.807) is 12.1 Å². The highest BCUT2D eigenvalue weighted by Crippen LogP contribution is 2.54. The SMILES string of the molecule is CN1CCC2C(C1)c1cc([N+](=O)[O-])ccc1C2(C)C. The van der Waals surface area contributed by atoms with E-state index in [9.17, 15) is 10.1 Å². The molecule has 102 valence electrons. The van der Waals surface area contributed by atoms with Crippen molar-refractivity contribution in [1.29, 1.82) is 0 Å². The fourth-order valence-corrected chi connectivity index (χ4v) is 4.05. The molecule has 1 saturated heterocycles. The standard InChI is InChI=1S/C15H20N2O2/c1-15(2)13-5-4-10(17(18)19)8-11(13)12-9-16(3)7-6-14(12)15/h4-5,8,12,14H,6-7,9H2,1-3H3. The zero-order valence-corrected chi connectivity index (χ0v) is 11.7. The van der Waals surface area contributed by atoms with E-state index in [1.807, 2.05) is 6.07 Å². The van der Waals surface area contributed by atoms with Gasteiger partial charge < -0.3 is 4.90 Å². The molecule has 19 heavy (non-hydrogen) atoms. The Kier molecular flexibility index (Phi) is 2.68. The van der Waals surface area contributed by atoms with Crippen molar-refractivity contribution in [3.8, 4) is 0 Å². The van der Waals surface area contributed by atoms with Gasteiger partial charge in [-0.2, -0.15) is 0 Å². The topological polar surface area (TPSA) is 46.4 Å². The zero-order chi connectivity index (χ0) is 13.8. The van der Waals surface area contributed by atoms with Crippen molar-refractivity contribution < 1.29 is 4.92 Å². The molecule has 1 fully saturated rings. The summed E-state index contributed by atoms with van der Waals surface area (Å²) in [5, 5.41) is 11.0. The highest BCUT2D eigenvalue weighted by Gasteiger charge is 2.48. The van der Waals surface area contributed by atoms with Crippen molar-refractivity contribution in [3.05, 3.63) is 39.4 Å². The van der Waals surface area contributed by atoms with Gasteiger partial charge >= 0.3 is 0 Å². The van der Waals surface area contributed by atoms with E-state index >= 15 is 0 Å². The third kappa shape index (κ3) is 1.77. The number of rotatable bonds is 1. The minimum atomic E-state index is -0.285. The maximum atomic E-state index is 11.0. The third-order valence-electron chi connectivity index (χ3n) is 5.08. The fraction of sp³-hybridized carbons (Fsp3) is 0.600. The Morgan fingerprint density at radius 3 is 2.84 bits per heavy atom. The van der Waals surface area contributed by atoms with Gasteiger partial charge in [0.05, 0.1) is 4.92 Å². The highest BCUT2D eigenvalue weighted by molar-refractivity contribution is 5.50. The number of piperidine rings is 1. The molecule has 0 amide bonds. The van der Waals surface area contributed by atoms with Gasteiger partial charge in [-0.3, -0.25) is 10.1 Å². The van der Waals surface area contributed by atoms with E-state index in [0.717, 1.165) is 13.1 Å². The van der Waals surface area contributed by atoms with E-state index in [1.165, 1.54) is 17.5 Å². The Hall–Kier alpha value is -1.42. The summed E-state index contributed by atoms with van der Waals surface area (Å²) in [6.45, 7) is 6.71. The molecule has 1 aliphatic heterocycles. The van der Waals surface area contributed by atoms with Crippen LogP contribution in [0.1, 0.15) is 37.3 Å². The van der Waals surface area contributed by atoms with Gasteiger partial charge in [0, 0.05) is 24.6 Å². The first kappa shape index (κ1) is 12.6. The normalized spacial score (nSPS) is 28.8. The van der Waals surface area contributed by atoms with E-state index < -0.39 is 0 Å². The number of hydrogen-bond donors (Lipinski definition) is 0. The average molecular weight is 260 g/mol. The molecule has 1 aromatic rings. The number of fused-ring (bicyclic) bond motifs is 3. The molecule has 2 atom stereocenters. The van der Waals surface area contributed by atoms with Gasteiger partial charge in [0.25, 0.3) is 5.69 Å². The molecule has 2 unspecified atom stereocenters. The molecule has 3 rings (SSSR count). The maximum Gasteiger partial charge on any atom is 0.269 e. The lowest BCUT2D eigenvalue weighted by atomic mass is 9.73. The lowest BCUT2D eigenvalue weighted by Crippen LogP contribution is -2.39. The smallest absolute Gasteiger partial charge is 0.269 e. The van der Waals surface area contributed by atoms with Gasteiger partial charge in [0.15, 0.2) is 0 Å². The number of nitro groups is 1. The van der Waals surface area contributed by atoms with Crippen LogP contribution in [0.25, 0.3) is 0 Å². The monoisotopic (exact) mass is 260 g/mol. The van der Waals surface area contributed by atoms with Gasteiger partial charge in [-0.1, -0.05) is 19.9 Å². The van der Waals surface area contributed by atoms with Crippen LogP contribution in [0.2, 0.25) is 0 Å². The highest BCUT2D eigenvalue weighted by atomic mass is 16.6. The van der Waals surface area contributed by atoms with Crippen molar-refractivity contribution in [1.82, 2.24) is 4.90 Å². The van der Waals surface area contributed by atoms with Gasteiger partial charge in [-0.15, -0.1) is 0 Å². The van der Waals surface area contributed by atoms with Crippen LogP contribution >= 0.6 is 0 Å². The van der Waals surface area contributed by atoms with Crippen molar-refractivity contribution in [2.45, 2.75) is 31.6 Å². The second-order valence-electron chi connectivity index (χ2n) is 6.51. The molecule has 0 spiro atoms. The average Bonchev–Trinajstić information content (AvgIpc) is 2.58. The summed E-state index contributed by atoms with van der Waals surface area (Å²) in [5.74, 6) is 1.06. The van der Waals surface area contributed by atoms with Crippen LogP contribution in [-0.4, -0.2) is 30.0 Å². The van der Waals surface area contributed by atoms with Crippen molar-refractivity contribution in [2.75, 3.05) is 20.1 Å². The summed E-state index contributed by atoms with van der Waals surface area (Å²) in [5.41, 5.74) is 2.87. The van der Waals surface area contributed by atoms with Crippen molar-refractivity contribution in [3.63, 3.8) is 0 Å². The Bertz CT molecular complexity index is 539. The van der Waals surface area contributed by atoms with Crippen LogP contribution in [0.3, 0.4) is 0 Å². The molecule has 1 aromatic carbocycles. The van der Waals surface area contributed by atoms with Gasteiger partial charge in [-0.25, -0.2) is 0 Å². The van der Waals surface area contributed by atoms with Gasteiger partial charge in [0.1, 0.15) is 0 Å². The quantitative estimate of drug-likeness (QED) is 0.576. The predicted molar refractivity (Wildman–Crippen MR) is 74.5 cm³/mol. The Labute approximate surface area is 113 Å². The number of non-ortho nitro benzene ring substituents is 1. The van der Waals surface area contributed by atoms with E-state index in [4.69, 9.17) is 0 Å². The Morgan fingerprint density at radius 2 is 2.16 bits per heavy atom. The number of nitrogens with zero attached hydrogens (tertiary/aromatic N) is 2. The zero-order valence-electron chi connectivity index (χ0n) is 11.7. The second kappa shape index (κ2) is 4.04. The van der Waals surface area contributed by atoms with Crippen LogP contribution in [0.5, 0.6) is 0 Å². The number of benzene rings is 1. The minimum Gasteiger partial charge on any atom is -0.306 e. The van der Waals surface area contributed by atoms with Crippen LogP contribution < -0.4 is 0 Å². The largest absolute Gasteiger partial charge is 0.306 e. The molecule has 1 aliphatic carbocycles. The summed E-state index contributed by atoms with van der Waals surface area (Å²) < 4.78 is 0. The second-order valence-corrected chi connectivity index (χ2v) is 6.51. The summed E-state index contributed by atoms with van der Waals surface area (Å²) in [6, 6.07) is 5.44. The first-order valence-electron chi connectivity index (χ1n) is 6.88. The van der Waals surface area contributed by atoms with E-state index in [2.05, 4.69) is 25.8 Å². The van der Waals surface area contributed by atoms with Gasteiger partial charge in [-0.05, 0) is 42.5 Å². The summed E-state index contributed by atoms with van der Waals surface area (Å²) >= 11 is 0.